The number of hydrazone groups is 1. The Hall–Kier alpha value is -2.54. The summed E-state index contributed by atoms with van der Waals surface area (Å²) in [4.78, 5) is 11.7. The number of nitrogens with zero attached hydrogens (tertiary/aromatic N) is 1. The van der Waals surface area contributed by atoms with Crippen LogP contribution in [-0.2, 0) is 4.79 Å². The van der Waals surface area contributed by atoms with Crippen molar-refractivity contribution in [3.8, 4) is 17.2 Å². The highest BCUT2D eigenvalue weighted by molar-refractivity contribution is 9.10. The normalized spacial score (nSPS) is 10.5. The van der Waals surface area contributed by atoms with E-state index in [0.29, 0.717) is 23.9 Å². The fraction of sp³-hybridized carbons (Fsp3) is 0.222. The minimum absolute atomic E-state index is 0.125. The van der Waals surface area contributed by atoms with Gasteiger partial charge in [0, 0.05) is 4.47 Å². The molecule has 0 fully saturated rings. The second-order valence-corrected chi connectivity index (χ2v) is 5.80. The molecule has 25 heavy (non-hydrogen) atoms. The Morgan fingerprint density at radius 3 is 2.76 bits per heavy atom. The number of amides is 1. The van der Waals surface area contributed by atoms with E-state index < -0.39 is 0 Å². The van der Waals surface area contributed by atoms with Crippen LogP contribution < -0.4 is 19.6 Å². The predicted molar refractivity (Wildman–Crippen MR) is 99.5 cm³/mol. The molecule has 0 bridgehead atoms. The summed E-state index contributed by atoms with van der Waals surface area (Å²) in [6.07, 6.45) is 1.52. The number of carbonyl (C=O) groups excluding carboxylic acids is 1. The summed E-state index contributed by atoms with van der Waals surface area (Å²) in [5.74, 6) is 1.52. The fourth-order valence-electron chi connectivity index (χ4n) is 1.96. The first kappa shape index (κ1) is 18.8. The zero-order valence-electron chi connectivity index (χ0n) is 14.0. The van der Waals surface area contributed by atoms with Crippen LogP contribution in [0, 0.1) is 0 Å². The van der Waals surface area contributed by atoms with Crippen LogP contribution in [0.2, 0.25) is 0 Å². The van der Waals surface area contributed by atoms with Gasteiger partial charge in [-0.05, 0) is 48.9 Å². The second kappa shape index (κ2) is 9.68. The van der Waals surface area contributed by atoms with Crippen molar-refractivity contribution in [2.75, 3.05) is 20.3 Å². The first-order chi connectivity index (χ1) is 12.1. The Morgan fingerprint density at radius 1 is 1.20 bits per heavy atom. The maximum atomic E-state index is 11.7. The molecule has 2 rings (SSSR count). The molecular formula is C18H19BrN2O4. The topological polar surface area (TPSA) is 69.2 Å². The van der Waals surface area contributed by atoms with Crippen LogP contribution in [0.3, 0.4) is 0 Å². The van der Waals surface area contributed by atoms with Gasteiger partial charge in [-0.2, -0.15) is 5.10 Å². The number of ether oxygens (including phenoxy) is 3. The Bertz CT molecular complexity index is 750. The number of benzene rings is 2. The second-order valence-electron chi connectivity index (χ2n) is 4.88. The third-order valence-electron chi connectivity index (χ3n) is 3.06. The minimum atomic E-state index is -0.353. The average molecular weight is 407 g/mol. The van der Waals surface area contributed by atoms with Crippen LogP contribution >= 0.6 is 15.9 Å². The van der Waals surface area contributed by atoms with E-state index in [1.807, 2.05) is 25.1 Å². The summed E-state index contributed by atoms with van der Waals surface area (Å²) in [6.45, 7) is 2.33. The Kier molecular flexibility index (Phi) is 7.28. The van der Waals surface area contributed by atoms with Gasteiger partial charge in [-0.1, -0.05) is 22.0 Å². The number of halogens is 1. The molecule has 2 aromatic rings. The van der Waals surface area contributed by atoms with Crippen LogP contribution in [0.25, 0.3) is 0 Å². The van der Waals surface area contributed by atoms with E-state index in [9.17, 15) is 4.79 Å². The number of hydrogen-bond donors (Lipinski definition) is 1. The van der Waals surface area contributed by atoms with Gasteiger partial charge >= 0.3 is 0 Å². The van der Waals surface area contributed by atoms with Crippen molar-refractivity contribution in [1.82, 2.24) is 5.43 Å². The smallest absolute Gasteiger partial charge is 0.277 e. The molecule has 132 valence electrons. The van der Waals surface area contributed by atoms with Gasteiger partial charge in [0.1, 0.15) is 5.75 Å². The van der Waals surface area contributed by atoms with Crippen LogP contribution in [-0.4, -0.2) is 32.4 Å². The maximum absolute atomic E-state index is 11.7. The molecule has 0 heterocycles. The number of hydrogen-bond acceptors (Lipinski definition) is 5. The highest BCUT2D eigenvalue weighted by atomic mass is 79.9. The van der Waals surface area contributed by atoms with E-state index in [1.165, 1.54) is 6.21 Å². The number of rotatable bonds is 8. The molecule has 0 saturated carbocycles. The van der Waals surface area contributed by atoms with E-state index in [1.54, 1.807) is 31.4 Å². The van der Waals surface area contributed by atoms with Gasteiger partial charge in [0.15, 0.2) is 18.1 Å². The van der Waals surface area contributed by atoms with E-state index in [-0.39, 0.29) is 12.5 Å². The van der Waals surface area contributed by atoms with E-state index in [4.69, 9.17) is 14.2 Å². The van der Waals surface area contributed by atoms with Gasteiger partial charge in [0.2, 0.25) is 0 Å². The largest absolute Gasteiger partial charge is 0.493 e. The minimum Gasteiger partial charge on any atom is -0.493 e. The standard InChI is InChI=1S/C18H19BrN2O4/c1-3-24-16-8-7-13(9-17(16)23-2)11-20-21-18(22)12-25-15-6-4-5-14(19)10-15/h4-11H,3,12H2,1-2H3,(H,21,22)/b20-11+. The summed E-state index contributed by atoms with van der Waals surface area (Å²) >= 11 is 3.34. The SMILES string of the molecule is CCOc1ccc(/C=N/NC(=O)COc2cccc(Br)c2)cc1OC. The van der Waals surface area contributed by atoms with Gasteiger partial charge in [-0.3, -0.25) is 4.79 Å². The van der Waals surface area contributed by atoms with Crippen molar-refractivity contribution in [3.63, 3.8) is 0 Å². The van der Waals surface area contributed by atoms with Crippen LogP contribution in [0.4, 0.5) is 0 Å². The first-order valence-corrected chi connectivity index (χ1v) is 8.42. The quantitative estimate of drug-likeness (QED) is 0.538. The van der Waals surface area contributed by atoms with Crippen LogP contribution in [0.15, 0.2) is 52.0 Å². The van der Waals surface area contributed by atoms with Crippen molar-refractivity contribution in [2.45, 2.75) is 6.92 Å². The van der Waals surface area contributed by atoms with Crippen molar-refractivity contribution in [1.29, 1.82) is 0 Å². The van der Waals surface area contributed by atoms with Gasteiger partial charge < -0.3 is 14.2 Å². The third-order valence-corrected chi connectivity index (χ3v) is 3.55. The molecule has 0 aliphatic carbocycles. The highest BCUT2D eigenvalue weighted by Crippen LogP contribution is 2.27. The molecule has 2 aromatic carbocycles. The summed E-state index contributed by atoms with van der Waals surface area (Å²) in [5.41, 5.74) is 3.19. The summed E-state index contributed by atoms with van der Waals surface area (Å²) < 4.78 is 17.0. The number of carbonyl (C=O) groups is 1. The number of nitrogens with one attached hydrogen (secondary N) is 1. The van der Waals surface area contributed by atoms with E-state index in [0.717, 1.165) is 10.0 Å². The molecule has 1 N–H and O–H groups in total. The lowest BCUT2D eigenvalue weighted by molar-refractivity contribution is -0.123. The summed E-state index contributed by atoms with van der Waals surface area (Å²) in [6, 6.07) is 12.6. The Morgan fingerprint density at radius 2 is 2.04 bits per heavy atom. The molecular weight excluding hydrogens is 388 g/mol. The molecule has 7 heteroatoms. The zero-order chi connectivity index (χ0) is 18.1. The lowest BCUT2D eigenvalue weighted by atomic mass is 10.2. The molecule has 0 spiro atoms. The molecule has 0 radical (unpaired) electrons. The molecule has 0 aliphatic heterocycles. The van der Waals surface area contributed by atoms with Crippen LogP contribution in [0.1, 0.15) is 12.5 Å². The summed E-state index contributed by atoms with van der Waals surface area (Å²) in [5, 5.41) is 3.91. The molecule has 0 saturated heterocycles. The molecule has 0 aromatic heterocycles. The predicted octanol–water partition coefficient (Wildman–Crippen LogP) is 3.39. The van der Waals surface area contributed by atoms with E-state index >= 15 is 0 Å². The molecule has 0 atom stereocenters. The summed E-state index contributed by atoms with van der Waals surface area (Å²) in [7, 11) is 1.57. The molecule has 0 unspecified atom stereocenters. The lowest BCUT2D eigenvalue weighted by Crippen LogP contribution is -2.24. The van der Waals surface area contributed by atoms with Crippen molar-refractivity contribution < 1.29 is 19.0 Å². The van der Waals surface area contributed by atoms with Gasteiger partial charge in [-0.25, -0.2) is 5.43 Å². The highest BCUT2D eigenvalue weighted by Gasteiger charge is 2.05. The zero-order valence-corrected chi connectivity index (χ0v) is 15.6. The van der Waals surface area contributed by atoms with E-state index in [2.05, 4.69) is 26.5 Å². The molecule has 1 amide bonds. The van der Waals surface area contributed by atoms with Crippen molar-refractivity contribution in [3.05, 3.63) is 52.5 Å². The van der Waals surface area contributed by atoms with Gasteiger partial charge in [0.25, 0.3) is 5.91 Å². The molecule has 6 nitrogen and oxygen atoms in total. The monoisotopic (exact) mass is 406 g/mol. The Balaban J connectivity index is 1.86. The maximum Gasteiger partial charge on any atom is 0.277 e. The molecule has 0 aliphatic rings. The van der Waals surface area contributed by atoms with Gasteiger partial charge in [-0.15, -0.1) is 0 Å². The number of methoxy groups -OCH3 is 1. The fourth-order valence-corrected chi connectivity index (χ4v) is 2.33. The van der Waals surface area contributed by atoms with Gasteiger partial charge in [0.05, 0.1) is 19.9 Å². The first-order valence-electron chi connectivity index (χ1n) is 7.63. The Labute approximate surface area is 154 Å². The lowest BCUT2D eigenvalue weighted by Gasteiger charge is -2.09. The van der Waals surface area contributed by atoms with Crippen LogP contribution in [0.5, 0.6) is 17.2 Å². The van der Waals surface area contributed by atoms with Crippen molar-refractivity contribution >= 4 is 28.1 Å². The average Bonchev–Trinajstić information content (AvgIpc) is 2.61. The van der Waals surface area contributed by atoms with Crippen molar-refractivity contribution in [2.24, 2.45) is 5.10 Å². The third kappa shape index (κ3) is 6.11.